The van der Waals surface area contributed by atoms with Gasteiger partial charge < -0.3 is 75.7 Å². The molecule has 0 aliphatic carbocycles. The van der Waals surface area contributed by atoms with Gasteiger partial charge in [-0.2, -0.15) is 37.0 Å². The van der Waals surface area contributed by atoms with Crippen molar-refractivity contribution >= 4 is 96.2 Å². The van der Waals surface area contributed by atoms with Crippen LogP contribution < -0.4 is 65.5 Å². The van der Waals surface area contributed by atoms with Crippen molar-refractivity contribution in [2.75, 3.05) is 43.2 Å². The lowest BCUT2D eigenvalue weighted by atomic mass is 9.96. The van der Waals surface area contributed by atoms with E-state index in [4.69, 9.17) is 22.9 Å². The van der Waals surface area contributed by atoms with Crippen LogP contribution in [-0.2, 0) is 43.2 Å². The molecule has 0 bridgehead atoms. The average Bonchev–Trinajstić information content (AvgIpc) is 3.29. The van der Waals surface area contributed by atoms with Gasteiger partial charge in [-0.05, 0) is 82.3 Å². The lowest BCUT2D eigenvalue weighted by molar-refractivity contribution is -0.142. The van der Waals surface area contributed by atoms with Gasteiger partial charge in [0.15, 0.2) is 5.96 Å². The maximum absolute atomic E-state index is 14.1. The first-order chi connectivity index (χ1) is 32.0. The number of aliphatic imine (C=N–C) groups is 1. The molecule has 0 aromatic heterocycles. The van der Waals surface area contributed by atoms with Gasteiger partial charge in [0.25, 0.3) is 0 Å². The molecule has 8 amide bonds. The minimum Gasteiger partial charge on any atom is -0.480 e. The molecule has 0 heterocycles. The standard InChI is InChI=1S/C41H77N13O11S3/c1-7-22(4)31(39(63)53-30(20-67)40(64)65)54-37(61)28(17-21(2)3)51-35(59)25(11-8-9-14-42)48-36(60)27(13-16-68-6)50-34(58)26(12-10-15-46-41(44)45)49-38(62)29(18-55)52-32(56)23(5)47-33(57)24(43)19-66/h21-31,55,66-67H,7-20,42-43H2,1-6H3,(H,47,57)(H,48,60)(H,49,62)(H,50,58)(H,51,59)(H,52,56)(H,53,63)(H,54,61)(H,64,65)(H4,44,45,46)/t22-,23-,24-,25-,26-,27-,28-,29-,30-,31-/m0/s1. The molecule has 27 heteroatoms. The molecule has 0 aliphatic rings. The Morgan fingerprint density at radius 1 is 0.618 bits per heavy atom. The molecule has 0 saturated carbocycles. The number of unbranched alkanes of at least 4 members (excludes halogenated alkanes) is 1. The Kier molecular flexibility index (Phi) is 32.3. The van der Waals surface area contributed by atoms with Gasteiger partial charge in [-0.15, -0.1) is 0 Å². The third kappa shape index (κ3) is 24.6. The summed E-state index contributed by atoms with van der Waals surface area (Å²) in [5, 5.41) is 39.9. The molecular weight excluding hydrogens is 947 g/mol. The van der Waals surface area contributed by atoms with E-state index in [-0.39, 0.29) is 68.6 Å². The summed E-state index contributed by atoms with van der Waals surface area (Å²) in [6.07, 6.45) is 3.40. The number of thioether (sulfide) groups is 1. The normalized spacial score (nSPS) is 15.5. The topological polar surface area (TPSA) is 407 Å². The second kappa shape index (κ2) is 34.7. The highest BCUT2D eigenvalue weighted by molar-refractivity contribution is 7.98. The van der Waals surface area contributed by atoms with E-state index in [1.807, 2.05) is 13.8 Å². The second-order valence-corrected chi connectivity index (χ2v) is 18.3. The Labute approximate surface area is 413 Å². The van der Waals surface area contributed by atoms with Crippen molar-refractivity contribution in [2.45, 2.75) is 140 Å². The van der Waals surface area contributed by atoms with E-state index in [0.29, 0.717) is 25.0 Å². The van der Waals surface area contributed by atoms with Gasteiger partial charge in [0.1, 0.15) is 48.3 Å². The first-order valence-corrected chi connectivity index (χ1v) is 25.2. The summed E-state index contributed by atoms with van der Waals surface area (Å²) < 4.78 is 0. The zero-order chi connectivity index (χ0) is 52.1. The fourth-order valence-electron chi connectivity index (χ4n) is 6.19. The van der Waals surface area contributed by atoms with Crippen molar-refractivity contribution in [3.63, 3.8) is 0 Å². The molecule has 0 aromatic carbocycles. The number of rotatable bonds is 35. The molecule has 0 rings (SSSR count). The number of carboxylic acid groups (broad SMARTS) is 1. The SMILES string of the molecule is CC[C@H](C)[C@H](NC(=O)[C@H](CC(C)C)NC(=O)[C@H](CCCCN)NC(=O)[C@H](CCSC)NC(=O)[C@H](CCCN=C(N)N)NC(=O)[C@H](CO)NC(=O)[C@H](C)NC(=O)[C@@H](N)CS)C(=O)N[C@@H](CS)C(=O)O. The first-order valence-electron chi connectivity index (χ1n) is 22.5. The van der Waals surface area contributed by atoms with Crippen molar-refractivity contribution in [1.82, 2.24) is 42.5 Å². The summed E-state index contributed by atoms with van der Waals surface area (Å²) in [6.45, 7) is 7.88. The first kappa shape index (κ1) is 63.4. The summed E-state index contributed by atoms with van der Waals surface area (Å²) in [5.74, 6) is -8.26. The lowest BCUT2D eigenvalue weighted by Crippen LogP contribution is -2.61. The fraction of sp³-hybridized carbons (Fsp3) is 0.756. The highest BCUT2D eigenvalue weighted by atomic mass is 32.2. The molecular formula is C41H77N13O11S3. The number of carbonyl (C=O) groups is 9. The fourth-order valence-corrected chi connectivity index (χ4v) is 7.08. The Bertz CT molecular complexity index is 1680. The van der Waals surface area contributed by atoms with Gasteiger partial charge in [0, 0.05) is 18.1 Å². The number of aliphatic hydroxyl groups excluding tert-OH is 1. The number of aliphatic carboxylic acids is 1. The molecule has 68 heavy (non-hydrogen) atoms. The molecule has 0 aliphatic heterocycles. The van der Waals surface area contributed by atoms with Gasteiger partial charge >= 0.3 is 5.97 Å². The second-order valence-electron chi connectivity index (χ2n) is 16.6. The number of nitrogens with zero attached hydrogens (tertiary/aromatic N) is 1. The molecule has 0 saturated heterocycles. The van der Waals surface area contributed by atoms with E-state index in [1.54, 1.807) is 20.1 Å². The quantitative estimate of drug-likeness (QED) is 0.0125. The van der Waals surface area contributed by atoms with E-state index < -0.39 is 120 Å². The van der Waals surface area contributed by atoms with Crippen LogP contribution in [0.1, 0.15) is 86.0 Å². The van der Waals surface area contributed by atoms with Gasteiger partial charge in [-0.1, -0.05) is 34.1 Å². The molecule has 24 nitrogen and oxygen atoms in total. The molecule has 390 valence electrons. The highest BCUT2D eigenvalue weighted by Gasteiger charge is 2.35. The number of nitrogens with two attached hydrogens (primary N) is 4. The minimum absolute atomic E-state index is 0.000835. The van der Waals surface area contributed by atoms with Crippen LogP contribution >= 0.6 is 37.0 Å². The molecule has 0 fully saturated rings. The van der Waals surface area contributed by atoms with Crippen LogP contribution in [0.4, 0.5) is 0 Å². The number of guanidine groups is 1. The van der Waals surface area contributed by atoms with Crippen LogP contribution in [0, 0.1) is 11.8 Å². The van der Waals surface area contributed by atoms with E-state index in [0.717, 1.165) is 0 Å². The van der Waals surface area contributed by atoms with E-state index in [2.05, 4.69) is 72.8 Å². The summed E-state index contributed by atoms with van der Waals surface area (Å²) in [6, 6.07) is -11.3. The summed E-state index contributed by atoms with van der Waals surface area (Å²) in [7, 11) is 0. The summed E-state index contributed by atoms with van der Waals surface area (Å²) in [4.78, 5) is 123. The van der Waals surface area contributed by atoms with Gasteiger partial charge in [-0.3, -0.25) is 43.3 Å². The van der Waals surface area contributed by atoms with Crippen LogP contribution in [0.2, 0.25) is 0 Å². The molecule has 0 radical (unpaired) electrons. The van der Waals surface area contributed by atoms with E-state index >= 15 is 0 Å². The number of nitrogens with one attached hydrogen (secondary N) is 8. The van der Waals surface area contributed by atoms with Crippen molar-refractivity contribution < 1.29 is 53.4 Å². The molecule has 10 atom stereocenters. The highest BCUT2D eigenvalue weighted by Crippen LogP contribution is 2.13. The molecule has 18 N–H and O–H groups in total. The number of carboxylic acids is 1. The Hall–Kier alpha value is -4.57. The maximum atomic E-state index is 14.1. The van der Waals surface area contributed by atoms with Crippen LogP contribution in [0.5, 0.6) is 0 Å². The number of thiol groups is 2. The number of carbonyl (C=O) groups excluding carboxylic acids is 8. The monoisotopic (exact) mass is 1020 g/mol. The van der Waals surface area contributed by atoms with Crippen molar-refractivity contribution in [3.8, 4) is 0 Å². The van der Waals surface area contributed by atoms with Gasteiger partial charge in [0.05, 0.1) is 12.6 Å². The predicted octanol–water partition coefficient (Wildman–Crippen LogP) is -3.82. The van der Waals surface area contributed by atoms with Crippen molar-refractivity contribution in [3.05, 3.63) is 0 Å². The molecule has 0 spiro atoms. The zero-order valence-electron chi connectivity index (χ0n) is 39.9. The average molecular weight is 1020 g/mol. The van der Waals surface area contributed by atoms with Crippen LogP contribution in [0.15, 0.2) is 4.99 Å². The third-order valence-electron chi connectivity index (χ3n) is 10.4. The van der Waals surface area contributed by atoms with Crippen molar-refractivity contribution in [2.24, 2.45) is 39.8 Å². The lowest BCUT2D eigenvalue weighted by Gasteiger charge is -2.29. The summed E-state index contributed by atoms with van der Waals surface area (Å²) in [5.41, 5.74) is 22.3. The Balaban J connectivity index is 6.61. The van der Waals surface area contributed by atoms with Gasteiger partial charge in [-0.25, -0.2) is 4.79 Å². The smallest absolute Gasteiger partial charge is 0.327 e. The Morgan fingerprint density at radius 2 is 1.10 bits per heavy atom. The third-order valence-corrected chi connectivity index (χ3v) is 11.8. The van der Waals surface area contributed by atoms with Crippen molar-refractivity contribution in [1.29, 1.82) is 0 Å². The Morgan fingerprint density at radius 3 is 1.56 bits per heavy atom. The number of amides is 8. The van der Waals surface area contributed by atoms with Crippen LogP contribution in [0.25, 0.3) is 0 Å². The largest absolute Gasteiger partial charge is 0.480 e. The number of hydrogen-bond donors (Lipinski definition) is 16. The number of hydrogen-bond acceptors (Lipinski definition) is 16. The number of aliphatic hydroxyl groups is 1. The van der Waals surface area contributed by atoms with E-state index in [9.17, 15) is 53.4 Å². The van der Waals surface area contributed by atoms with Crippen LogP contribution in [-0.4, -0.2) is 167 Å². The zero-order valence-corrected chi connectivity index (χ0v) is 42.5. The summed E-state index contributed by atoms with van der Waals surface area (Å²) >= 11 is 9.32. The minimum atomic E-state index is -1.58. The predicted molar refractivity (Wildman–Crippen MR) is 266 cm³/mol. The maximum Gasteiger partial charge on any atom is 0.327 e. The van der Waals surface area contributed by atoms with E-state index in [1.165, 1.54) is 18.7 Å². The van der Waals surface area contributed by atoms with Crippen LogP contribution in [0.3, 0.4) is 0 Å². The van der Waals surface area contributed by atoms with Gasteiger partial charge in [0.2, 0.25) is 47.3 Å². The molecule has 0 unspecified atom stereocenters. The molecule has 0 aromatic rings.